The van der Waals surface area contributed by atoms with Crippen molar-refractivity contribution >= 4 is 17.5 Å². The van der Waals surface area contributed by atoms with Gasteiger partial charge in [-0.05, 0) is 12.1 Å². The highest BCUT2D eigenvalue weighted by atomic mass is 35.5. The van der Waals surface area contributed by atoms with Crippen LogP contribution >= 0.6 is 11.6 Å². The largest absolute Gasteiger partial charge is 0.340 e. The average molecular weight is 339 g/mol. The summed E-state index contributed by atoms with van der Waals surface area (Å²) >= 11 is 5.96. The van der Waals surface area contributed by atoms with Gasteiger partial charge in [0.15, 0.2) is 5.82 Å². The predicted octanol–water partition coefficient (Wildman–Crippen LogP) is 2.13. The Morgan fingerprint density at radius 1 is 1.35 bits per heavy atom. The minimum Gasteiger partial charge on any atom is -0.340 e. The number of amides is 1. The molecule has 0 bridgehead atoms. The molecule has 1 saturated heterocycles. The molecule has 0 aliphatic carbocycles. The fourth-order valence-electron chi connectivity index (χ4n) is 2.57. The molecule has 2 heterocycles. The molecule has 1 aromatic carbocycles. The lowest BCUT2D eigenvalue weighted by Crippen LogP contribution is -2.48. The molecule has 1 amide bonds. The molecule has 1 aliphatic heterocycles. The molecule has 0 spiro atoms. The third kappa shape index (κ3) is 3.51. The van der Waals surface area contributed by atoms with Gasteiger partial charge in [-0.15, -0.1) is 0 Å². The van der Waals surface area contributed by atoms with Gasteiger partial charge in [0, 0.05) is 33.1 Å². The molecule has 6 nitrogen and oxygen atoms in total. The van der Waals surface area contributed by atoms with E-state index in [9.17, 15) is 9.18 Å². The van der Waals surface area contributed by atoms with Crippen molar-refractivity contribution in [2.75, 3.05) is 26.2 Å². The van der Waals surface area contributed by atoms with E-state index in [0.717, 1.165) is 0 Å². The Morgan fingerprint density at radius 2 is 2.09 bits per heavy atom. The van der Waals surface area contributed by atoms with Gasteiger partial charge in [0.05, 0.1) is 17.1 Å². The molecule has 0 atom stereocenters. The molecule has 23 heavy (non-hydrogen) atoms. The Labute approximate surface area is 137 Å². The van der Waals surface area contributed by atoms with Crippen LogP contribution in [-0.2, 0) is 6.54 Å². The van der Waals surface area contributed by atoms with E-state index in [2.05, 4.69) is 15.0 Å². The van der Waals surface area contributed by atoms with Crippen molar-refractivity contribution in [1.29, 1.82) is 0 Å². The molecular formula is C15H16ClFN4O2. The summed E-state index contributed by atoms with van der Waals surface area (Å²) in [5.74, 6) is 0.192. The van der Waals surface area contributed by atoms with E-state index in [1.54, 1.807) is 11.8 Å². The molecule has 1 aromatic heterocycles. The van der Waals surface area contributed by atoms with E-state index < -0.39 is 5.82 Å². The van der Waals surface area contributed by atoms with Crippen molar-refractivity contribution in [3.05, 3.63) is 46.3 Å². The number of aromatic nitrogens is 2. The average Bonchev–Trinajstić information content (AvgIpc) is 2.93. The number of hydrogen-bond donors (Lipinski definition) is 0. The van der Waals surface area contributed by atoms with Gasteiger partial charge in [-0.25, -0.2) is 4.39 Å². The Kier molecular flexibility index (Phi) is 4.58. The Morgan fingerprint density at radius 3 is 2.70 bits per heavy atom. The van der Waals surface area contributed by atoms with Crippen LogP contribution in [0.1, 0.15) is 22.1 Å². The number of benzene rings is 1. The highest BCUT2D eigenvalue weighted by Crippen LogP contribution is 2.21. The molecule has 0 radical (unpaired) electrons. The van der Waals surface area contributed by atoms with Crippen LogP contribution in [0.25, 0.3) is 0 Å². The van der Waals surface area contributed by atoms with E-state index in [4.69, 9.17) is 16.1 Å². The van der Waals surface area contributed by atoms with Gasteiger partial charge >= 0.3 is 0 Å². The van der Waals surface area contributed by atoms with E-state index in [1.807, 2.05) is 0 Å². The molecule has 122 valence electrons. The molecule has 1 aliphatic rings. The lowest BCUT2D eigenvalue weighted by Gasteiger charge is -2.34. The molecule has 0 saturated carbocycles. The molecule has 0 N–H and O–H groups in total. The molecule has 3 rings (SSSR count). The summed E-state index contributed by atoms with van der Waals surface area (Å²) in [4.78, 5) is 20.4. The number of carbonyl (C=O) groups excluding carboxylic acids is 1. The summed E-state index contributed by atoms with van der Waals surface area (Å²) in [5.41, 5.74) is -0.0589. The fraction of sp³-hybridized carbons (Fsp3) is 0.400. The lowest BCUT2D eigenvalue weighted by atomic mass is 10.1. The van der Waals surface area contributed by atoms with Crippen LogP contribution in [0.3, 0.4) is 0 Å². The van der Waals surface area contributed by atoms with E-state index in [1.165, 1.54) is 18.2 Å². The number of nitrogens with zero attached hydrogens (tertiary/aromatic N) is 4. The second-order valence-corrected chi connectivity index (χ2v) is 5.80. The summed E-state index contributed by atoms with van der Waals surface area (Å²) in [5, 5.41) is 4.00. The number of aryl methyl sites for hydroxylation is 1. The zero-order chi connectivity index (χ0) is 16.4. The molecular weight excluding hydrogens is 323 g/mol. The topological polar surface area (TPSA) is 62.5 Å². The lowest BCUT2D eigenvalue weighted by molar-refractivity contribution is 0.0620. The van der Waals surface area contributed by atoms with Crippen LogP contribution in [0.2, 0.25) is 5.02 Å². The van der Waals surface area contributed by atoms with Crippen molar-refractivity contribution < 1.29 is 13.7 Å². The third-order valence-electron chi connectivity index (χ3n) is 3.77. The summed E-state index contributed by atoms with van der Waals surface area (Å²) in [6.07, 6.45) is 0. The number of rotatable bonds is 3. The molecule has 2 aromatic rings. The van der Waals surface area contributed by atoms with Crippen molar-refractivity contribution in [1.82, 2.24) is 19.9 Å². The summed E-state index contributed by atoms with van der Waals surface area (Å²) in [6, 6.07) is 4.25. The van der Waals surface area contributed by atoms with Crippen LogP contribution in [0.5, 0.6) is 0 Å². The summed E-state index contributed by atoms with van der Waals surface area (Å²) < 4.78 is 18.8. The van der Waals surface area contributed by atoms with Gasteiger partial charge in [0.25, 0.3) is 5.91 Å². The quantitative estimate of drug-likeness (QED) is 0.858. The fourth-order valence-corrected chi connectivity index (χ4v) is 2.82. The number of halogens is 2. The van der Waals surface area contributed by atoms with E-state index in [0.29, 0.717) is 44.4 Å². The van der Waals surface area contributed by atoms with Crippen LogP contribution in [0.15, 0.2) is 22.7 Å². The van der Waals surface area contributed by atoms with Crippen LogP contribution in [0, 0.1) is 12.7 Å². The first-order chi connectivity index (χ1) is 11.0. The maximum Gasteiger partial charge on any atom is 0.258 e. The highest BCUT2D eigenvalue weighted by Gasteiger charge is 2.26. The van der Waals surface area contributed by atoms with Gasteiger partial charge in [0.2, 0.25) is 5.89 Å². The van der Waals surface area contributed by atoms with Crippen LogP contribution in [-0.4, -0.2) is 52.0 Å². The SMILES string of the molecule is Cc1nc(CN2CCN(C(=O)c3c(F)cccc3Cl)CC2)no1. The minimum atomic E-state index is -0.591. The summed E-state index contributed by atoms with van der Waals surface area (Å²) in [6.45, 7) is 4.63. The molecule has 0 unspecified atom stereocenters. The smallest absolute Gasteiger partial charge is 0.258 e. The first kappa shape index (κ1) is 15.9. The van der Waals surface area contributed by atoms with Crippen molar-refractivity contribution in [3.63, 3.8) is 0 Å². The Hall–Kier alpha value is -1.99. The van der Waals surface area contributed by atoms with Gasteiger partial charge in [-0.2, -0.15) is 4.98 Å². The maximum absolute atomic E-state index is 13.9. The van der Waals surface area contributed by atoms with Gasteiger partial charge in [-0.3, -0.25) is 9.69 Å². The second-order valence-electron chi connectivity index (χ2n) is 5.39. The Balaban J connectivity index is 1.61. The zero-order valence-electron chi connectivity index (χ0n) is 12.6. The highest BCUT2D eigenvalue weighted by molar-refractivity contribution is 6.33. The first-order valence-corrected chi connectivity index (χ1v) is 7.67. The van der Waals surface area contributed by atoms with Gasteiger partial charge in [0.1, 0.15) is 5.82 Å². The minimum absolute atomic E-state index is 0.0589. The number of hydrogen-bond acceptors (Lipinski definition) is 5. The van der Waals surface area contributed by atoms with E-state index in [-0.39, 0.29) is 16.5 Å². The monoisotopic (exact) mass is 338 g/mol. The first-order valence-electron chi connectivity index (χ1n) is 7.29. The third-order valence-corrected chi connectivity index (χ3v) is 4.09. The predicted molar refractivity (Wildman–Crippen MR) is 81.6 cm³/mol. The zero-order valence-corrected chi connectivity index (χ0v) is 13.4. The number of piperazine rings is 1. The standard InChI is InChI=1S/C15H16ClFN4O2/c1-10-18-13(19-23-10)9-20-5-7-21(8-6-20)15(22)14-11(16)3-2-4-12(14)17/h2-4H,5-9H2,1H3. The van der Waals surface area contributed by atoms with Crippen molar-refractivity contribution in [2.24, 2.45) is 0 Å². The molecule has 1 fully saturated rings. The normalized spacial score (nSPS) is 15.9. The van der Waals surface area contributed by atoms with E-state index >= 15 is 0 Å². The van der Waals surface area contributed by atoms with Crippen molar-refractivity contribution in [2.45, 2.75) is 13.5 Å². The number of carbonyl (C=O) groups is 1. The molecule has 8 heteroatoms. The van der Waals surface area contributed by atoms with Crippen LogP contribution in [0.4, 0.5) is 4.39 Å². The Bertz CT molecular complexity index is 693. The van der Waals surface area contributed by atoms with Crippen LogP contribution < -0.4 is 0 Å². The second kappa shape index (κ2) is 6.64. The summed E-state index contributed by atoms with van der Waals surface area (Å²) in [7, 11) is 0. The van der Waals surface area contributed by atoms with Crippen molar-refractivity contribution in [3.8, 4) is 0 Å². The van der Waals surface area contributed by atoms with Gasteiger partial charge < -0.3 is 9.42 Å². The van der Waals surface area contributed by atoms with Gasteiger partial charge in [-0.1, -0.05) is 22.8 Å². The maximum atomic E-state index is 13.9.